The number of hydrogen-bond acceptors (Lipinski definition) is 21. The molecule has 2 fully saturated rings. The largest absolute Gasteiger partial charge is 0.490 e. The Labute approximate surface area is 282 Å². The quantitative estimate of drug-likeness (QED) is 0.0746. The summed E-state index contributed by atoms with van der Waals surface area (Å²) >= 11 is 0. The predicted molar refractivity (Wildman–Crippen MR) is 162 cm³/mol. The molecule has 6 heterocycles. The summed E-state index contributed by atoms with van der Waals surface area (Å²) in [6.45, 7) is -0.781. The molecule has 2 aliphatic heterocycles. The molecule has 15 N–H and O–H groups in total. The van der Waals surface area contributed by atoms with Crippen molar-refractivity contribution in [1.29, 1.82) is 0 Å². The van der Waals surface area contributed by atoms with Gasteiger partial charge in [0.15, 0.2) is 35.4 Å². The van der Waals surface area contributed by atoms with Crippen molar-refractivity contribution in [3.05, 3.63) is 25.3 Å². The minimum atomic E-state index is -5.46. The maximum Gasteiger partial charge on any atom is 0.490 e. The Kier molecular flexibility index (Phi) is 12.6. The molecule has 31 heteroatoms. The summed E-state index contributed by atoms with van der Waals surface area (Å²) < 4.78 is 50.1. The summed E-state index contributed by atoms with van der Waals surface area (Å²) in [4.78, 5) is 64.0. The van der Waals surface area contributed by atoms with Crippen molar-refractivity contribution < 1.29 is 86.9 Å². The number of nitrogens with two attached hydrogens (primary N) is 2. The van der Waals surface area contributed by atoms with Gasteiger partial charge < -0.3 is 76.0 Å². The fraction of sp³-hybridized carbons (Fsp3) is 0.500. The van der Waals surface area contributed by atoms with E-state index < -0.39 is 85.8 Å². The second-order valence-electron chi connectivity index (χ2n) is 10.2. The molecule has 51 heavy (non-hydrogen) atoms. The Balaban J connectivity index is 0.000000176. The van der Waals surface area contributed by atoms with E-state index in [2.05, 4.69) is 38.5 Å². The second kappa shape index (κ2) is 15.8. The molecule has 28 nitrogen and oxygen atoms in total. The van der Waals surface area contributed by atoms with Gasteiger partial charge in [-0.2, -0.15) is 8.62 Å². The van der Waals surface area contributed by atoms with Gasteiger partial charge in [0.25, 0.3) is 0 Å². The van der Waals surface area contributed by atoms with Gasteiger partial charge in [-0.1, -0.05) is 0 Å². The minimum absolute atomic E-state index is 0.218. The van der Waals surface area contributed by atoms with Crippen LogP contribution in [0.25, 0.3) is 22.3 Å². The first-order chi connectivity index (χ1) is 23.7. The van der Waals surface area contributed by atoms with Crippen LogP contribution in [0, 0.1) is 0 Å². The molecule has 0 unspecified atom stereocenters. The zero-order valence-corrected chi connectivity index (χ0v) is 27.9. The lowest BCUT2D eigenvalue weighted by Gasteiger charge is -2.16. The van der Waals surface area contributed by atoms with Gasteiger partial charge in [0.2, 0.25) is 0 Å². The van der Waals surface area contributed by atoms with Crippen molar-refractivity contribution >= 4 is 57.4 Å². The van der Waals surface area contributed by atoms with Crippen LogP contribution in [0.5, 0.6) is 0 Å². The molecule has 2 saturated heterocycles. The van der Waals surface area contributed by atoms with Crippen LogP contribution in [0.15, 0.2) is 25.3 Å². The highest BCUT2D eigenvalue weighted by Crippen LogP contribution is 2.64. The van der Waals surface area contributed by atoms with Gasteiger partial charge >= 0.3 is 23.5 Å². The molecule has 6 rings (SSSR count). The maximum atomic E-state index is 10.4. The standard InChI is InChI=1S/2C10H13N5O4.H5O10P3/c2*11-8-5-9(13-2-12-8)15(3-14-5)10-7(18)6(17)4(1-16)19-10;1-11(2,3)9-13(7,8)10-12(4,5)6/h2*2-4,6-7,10,16-18H,1H2,(H2,11,12,13);(H,7,8)(H2,1,2,3)(H2,4,5,6)/t2*4-,6-,7-,10-;/m11./s1. The van der Waals surface area contributed by atoms with E-state index >= 15 is 0 Å². The van der Waals surface area contributed by atoms with Crippen LogP contribution in [0.3, 0.4) is 0 Å². The highest BCUT2D eigenvalue weighted by molar-refractivity contribution is 7.66. The van der Waals surface area contributed by atoms with Gasteiger partial charge in [-0.25, -0.2) is 43.6 Å². The van der Waals surface area contributed by atoms with Crippen molar-refractivity contribution in [3.63, 3.8) is 0 Å². The lowest BCUT2D eigenvalue weighted by Crippen LogP contribution is -2.33. The van der Waals surface area contributed by atoms with Crippen molar-refractivity contribution in [1.82, 2.24) is 39.0 Å². The smallest absolute Gasteiger partial charge is 0.394 e. The molecule has 0 aromatic carbocycles. The van der Waals surface area contributed by atoms with Gasteiger partial charge in [0.05, 0.1) is 25.9 Å². The molecule has 8 atom stereocenters. The van der Waals surface area contributed by atoms with Crippen molar-refractivity contribution in [3.8, 4) is 0 Å². The number of nitrogen functional groups attached to an aromatic ring is 2. The molecule has 0 radical (unpaired) electrons. The molecular formula is C20H31N10O18P3. The SMILES string of the molecule is Nc1ncnc2c1ncn2[C@@H]1O[C@H](CO)[C@@H](O)[C@H]1O.Nc1ncnc2c1ncn2[C@@H]1O[C@H](CO)[C@@H](O)[C@H]1O.O=P(O)(O)OP(=O)(O)OP(=O)(O)O. The normalized spacial score (nSPS) is 26.9. The van der Waals surface area contributed by atoms with E-state index in [1.807, 2.05) is 0 Å². The number of imidazole rings is 2. The van der Waals surface area contributed by atoms with Crippen LogP contribution in [0.2, 0.25) is 0 Å². The van der Waals surface area contributed by atoms with Gasteiger partial charge in [0, 0.05) is 0 Å². The number of aromatic nitrogens is 8. The summed E-state index contributed by atoms with van der Waals surface area (Å²) in [7, 11) is -16.2. The van der Waals surface area contributed by atoms with Crippen LogP contribution < -0.4 is 11.5 Å². The van der Waals surface area contributed by atoms with Crippen LogP contribution in [0.1, 0.15) is 12.5 Å². The van der Waals surface area contributed by atoms with Crippen LogP contribution in [-0.4, -0.2) is 144 Å². The van der Waals surface area contributed by atoms with Crippen LogP contribution in [0.4, 0.5) is 11.6 Å². The number of anilines is 2. The van der Waals surface area contributed by atoms with E-state index in [0.717, 1.165) is 0 Å². The summed E-state index contributed by atoms with van der Waals surface area (Å²) in [5.74, 6) is 0.436. The number of rotatable bonds is 8. The third-order valence-electron chi connectivity index (χ3n) is 6.78. The first-order valence-corrected chi connectivity index (χ1v) is 18.2. The van der Waals surface area contributed by atoms with Crippen molar-refractivity contribution in [2.24, 2.45) is 0 Å². The highest BCUT2D eigenvalue weighted by Gasteiger charge is 2.45. The third kappa shape index (κ3) is 9.62. The van der Waals surface area contributed by atoms with E-state index in [4.69, 9.17) is 55.6 Å². The molecule has 0 bridgehead atoms. The molecule has 0 aliphatic carbocycles. The van der Waals surface area contributed by atoms with Crippen molar-refractivity contribution in [2.75, 3.05) is 24.7 Å². The predicted octanol–water partition coefficient (Wildman–Crippen LogP) is -4.65. The Morgan fingerprint density at radius 3 is 1.27 bits per heavy atom. The number of aliphatic hydroxyl groups is 6. The topological polar surface area (TPSA) is 450 Å². The summed E-state index contributed by atoms with van der Waals surface area (Å²) in [5.41, 5.74) is 12.9. The highest BCUT2D eigenvalue weighted by atomic mass is 31.3. The van der Waals surface area contributed by atoms with Gasteiger partial charge in [-0.3, -0.25) is 9.13 Å². The second-order valence-corrected chi connectivity index (χ2v) is 14.4. The third-order valence-corrected chi connectivity index (χ3v) is 10.1. The molecule has 4 aromatic rings. The Morgan fingerprint density at radius 2 is 0.980 bits per heavy atom. The van der Waals surface area contributed by atoms with E-state index in [-0.39, 0.29) is 11.6 Å². The Bertz CT molecular complexity index is 1820. The average Bonchev–Trinajstić information content (AvgIpc) is 3.77. The molecule has 0 amide bonds. The zero-order chi connectivity index (χ0) is 38.1. The number of phosphoric acid groups is 3. The molecule has 0 spiro atoms. The summed E-state index contributed by atoms with van der Waals surface area (Å²) in [6.07, 6.45) is -2.85. The molecular weight excluding hydrogens is 761 g/mol. The number of nitrogens with zero attached hydrogens (tertiary/aromatic N) is 8. The zero-order valence-electron chi connectivity index (χ0n) is 25.2. The number of ether oxygens (including phenoxy) is 2. The van der Waals surface area contributed by atoms with Gasteiger partial charge in [0.1, 0.15) is 60.3 Å². The maximum absolute atomic E-state index is 10.4. The molecule has 0 saturated carbocycles. The van der Waals surface area contributed by atoms with Crippen molar-refractivity contribution in [2.45, 2.75) is 49.1 Å². The average molecular weight is 792 g/mol. The van der Waals surface area contributed by atoms with Crippen LogP contribution >= 0.6 is 23.5 Å². The minimum Gasteiger partial charge on any atom is -0.394 e. The van der Waals surface area contributed by atoms with E-state index in [1.165, 1.54) is 34.4 Å². The number of hydrogen-bond donors (Lipinski definition) is 13. The van der Waals surface area contributed by atoms with E-state index in [9.17, 15) is 34.1 Å². The van der Waals surface area contributed by atoms with Crippen LogP contribution in [-0.2, 0) is 31.8 Å². The van der Waals surface area contributed by atoms with Gasteiger partial charge in [-0.05, 0) is 0 Å². The summed E-state index contributed by atoms with van der Waals surface area (Å²) in [6, 6.07) is 0. The summed E-state index contributed by atoms with van der Waals surface area (Å²) in [5, 5.41) is 57.5. The molecule has 4 aromatic heterocycles. The number of fused-ring (bicyclic) bond motifs is 2. The fourth-order valence-electron chi connectivity index (χ4n) is 4.62. The van der Waals surface area contributed by atoms with Gasteiger partial charge in [-0.15, -0.1) is 0 Å². The lowest BCUT2D eigenvalue weighted by atomic mass is 10.1. The number of aliphatic hydroxyl groups excluding tert-OH is 6. The monoisotopic (exact) mass is 792 g/mol. The Morgan fingerprint density at radius 1 is 0.627 bits per heavy atom. The molecule has 284 valence electrons. The first kappa shape index (κ1) is 40.6. The molecule has 2 aliphatic rings. The fourth-order valence-corrected chi connectivity index (χ4v) is 7.15. The first-order valence-electron chi connectivity index (χ1n) is 13.7. The van der Waals surface area contributed by atoms with E-state index in [0.29, 0.717) is 22.3 Å². The Hall–Kier alpha value is -3.21. The van der Waals surface area contributed by atoms with E-state index in [1.54, 1.807) is 0 Å². The lowest BCUT2D eigenvalue weighted by molar-refractivity contribution is -0.0511.